The molecule has 80 valence electrons. The molecule has 0 saturated carbocycles. The normalized spacial score (nSPS) is 2.27. The van der Waals surface area contributed by atoms with E-state index in [1.54, 1.807) is 0 Å². The van der Waals surface area contributed by atoms with Crippen molar-refractivity contribution in [1.82, 2.24) is 0 Å². The molecule has 0 aromatic heterocycles. The number of carbonyl (C=O) groups is 1. The molecule has 0 bridgehead atoms. The summed E-state index contributed by atoms with van der Waals surface area (Å²) in [4.78, 5) is 9.00. The van der Waals surface area contributed by atoms with Crippen LogP contribution in [0.2, 0.25) is 0 Å². The molecule has 0 aromatic rings. The fourth-order valence-corrected chi connectivity index (χ4v) is 0. The van der Waals surface area contributed by atoms with Crippen molar-refractivity contribution in [2.45, 2.75) is 6.92 Å². The smallest absolute Gasteiger partial charge is 0.300 e. The maximum absolute atomic E-state index is 9.00. The fraction of sp³-hybridized carbons (Fsp3) is 0.500. The van der Waals surface area contributed by atoms with Gasteiger partial charge in [0.1, 0.15) is 0 Å². The maximum Gasteiger partial charge on any atom is 0.300 e. The zero-order chi connectivity index (χ0) is 3.58. The maximum atomic E-state index is 9.00. The molecular formula is C2H16GdO8. The monoisotopic (exact) mass is 326 g/mol. The topological polar surface area (TPSA) is 226 Å². The van der Waals surface area contributed by atoms with Crippen LogP contribution in [0.3, 0.4) is 0 Å². The van der Waals surface area contributed by atoms with Gasteiger partial charge in [-0.2, -0.15) is 0 Å². The quantitative estimate of drug-likeness (QED) is 0.462. The fourth-order valence-electron chi connectivity index (χ4n) is 0. The van der Waals surface area contributed by atoms with Crippen LogP contribution in [0.1, 0.15) is 6.92 Å². The standard InChI is InChI=1S/C2H4O2.Gd.6H2O/c1-2(3)4;;;;;;;/h1H3,(H,3,4);;6*1H2. The first-order valence-electron chi connectivity index (χ1n) is 0.928. The molecule has 8 nitrogen and oxygen atoms in total. The molecule has 0 amide bonds. The van der Waals surface area contributed by atoms with Crippen molar-refractivity contribution in [3.8, 4) is 0 Å². The predicted octanol–water partition coefficient (Wildman–Crippen LogP) is -4.86. The Kier molecular flexibility index (Phi) is 706. The van der Waals surface area contributed by atoms with Crippen LogP contribution in [0, 0.1) is 39.9 Å². The number of rotatable bonds is 0. The van der Waals surface area contributed by atoms with Crippen LogP contribution in [-0.4, -0.2) is 43.9 Å². The van der Waals surface area contributed by atoms with Crippen LogP contribution in [0.4, 0.5) is 0 Å². The van der Waals surface area contributed by atoms with Crippen LogP contribution in [-0.2, 0) is 4.79 Å². The van der Waals surface area contributed by atoms with Crippen molar-refractivity contribution < 1.29 is 82.7 Å². The van der Waals surface area contributed by atoms with Gasteiger partial charge in [-0.05, 0) is 0 Å². The Hall–Kier alpha value is 0.555. The van der Waals surface area contributed by atoms with E-state index >= 15 is 0 Å². The summed E-state index contributed by atoms with van der Waals surface area (Å²) in [6, 6.07) is 0. The molecule has 0 aliphatic rings. The summed E-state index contributed by atoms with van der Waals surface area (Å²) in [7, 11) is 0. The average Bonchev–Trinajstić information content (AvgIpc) is 0.811. The van der Waals surface area contributed by atoms with Crippen LogP contribution in [0.25, 0.3) is 0 Å². The largest absolute Gasteiger partial charge is 0.481 e. The Balaban J connectivity index is -0.00000000214. The molecule has 13 N–H and O–H groups in total. The van der Waals surface area contributed by atoms with Crippen molar-refractivity contribution >= 4 is 5.97 Å². The van der Waals surface area contributed by atoms with Gasteiger partial charge in [-0.15, -0.1) is 0 Å². The molecule has 0 aliphatic heterocycles. The average molecular weight is 325 g/mol. The number of carboxylic acid groups (broad SMARTS) is 1. The molecule has 0 heterocycles. The van der Waals surface area contributed by atoms with Gasteiger partial charge in [0.25, 0.3) is 5.97 Å². The minimum Gasteiger partial charge on any atom is -0.481 e. The first-order chi connectivity index (χ1) is 1.73. The second-order valence-electron chi connectivity index (χ2n) is 0.519. The third-order valence-corrected chi connectivity index (χ3v) is 0. The van der Waals surface area contributed by atoms with Gasteiger partial charge < -0.3 is 38.0 Å². The van der Waals surface area contributed by atoms with Gasteiger partial charge in [0.2, 0.25) is 0 Å². The summed E-state index contributed by atoms with van der Waals surface area (Å²) < 4.78 is 0. The van der Waals surface area contributed by atoms with E-state index in [1.165, 1.54) is 0 Å². The van der Waals surface area contributed by atoms with Crippen LogP contribution >= 0.6 is 0 Å². The number of hydrogen-bond donors (Lipinski definition) is 1. The van der Waals surface area contributed by atoms with E-state index < -0.39 is 5.97 Å². The molecule has 0 atom stereocenters. The molecule has 9 heteroatoms. The van der Waals surface area contributed by atoms with E-state index in [1.807, 2.05) is 0 Å². The van der Waals surface area contributed by atoms with E-state index in [-0.39, 0.29) is 72.8 Å². The summed E-state index contributed by atoms with van der Waals surface area (Å²) in [5.41, 5.74) is 0. The summed E-state index contributed by atoms with van der Waals surface area (Å²) in [5, 5.41) is 7.42. The van der Waals surface area contributed by atoms with E-state index in [2.05, 4.69) is 0 Å². The summed E-state index contributed by atoms with van der Waals surface area (Å²) in [6.07, 6.45) is 0. The van der Waals surface area contributed by atoms with Gasteiger partial charge in [0, 0.05) is 46.9 Å². The Morgan fingerprint density at radius 3 is 0.909 bits per heavy atom. The number of aliphatic carboxylic acids is 1. The third kappa shape index (κ3) is 2510. The minimum absolute atomic E-state index is 0. The van der Waals surface area contributed by atoms with Crippen LogP contribution in [0.15, 0.2) is 0 Å². The van der Waals surface area contributed by atoms with E-state index in [4.69, 9.17) is 9.90 Å². The molecule has 0 aromatic carbocycles. The summed E-state index contributed by atoms with van der Waals surface area (Å²) in [6.45, 7) is 1.08. The molecule has 0 saturated heterocycles. The predicted molar refractivity (Wildman–Crippen MR) is 35.0 cm³/mol. The Labute approximate surface area is 95.1 Å². The van der Waals surface area contributed by atoms with Gasteiger partial charge in [-0.1, -0.05) is 0 Å². The van der Waals surface area contributed by atoms with Crippen LogP contribution < -0.4 is 0 Å². The molecule has 11 heavy (non-hydrogen) atoms. The summed E-state index contributed by atoms with van der Waals surface area (Å²) >= 11 is 0. The van der Waals surface area contributed by atoms with Crippen molar-refractivity contribution in [1.29, 1.82) is 0 Å². The Bertz CT molecular complexity index is 35.1. The van der Waals surface area contributed by atoms with Gasteiger partial charge in [-0.3, -0.25) is 4.79 Å². The van der Waals surface area contributed by atoms with Gasteiger partial charge in [0.15, 0.2) is 0 Å². The van der Waals surface area contributed by atoms with E-state index in [0.29, 0.717) is 0 Å². The molecule has 0 rings (SSSR count). The third-order valence-electron chi connectivity index (χ3n) is 0. The van der Waals surface area contributed by atoms with Gasteiger partial charge in [0.05, 0.1) is 0 Å². The van der Waals surface area contributed by atoms with Gasteiger partial charge >= 0.3 is 0 Å². The molecule has 0 radical (unpaired) electrons. The van der Waals surface area contributed by atoms with E-state index in [0.717, 1.165) is 6.92 Å². The molecule has 0 unspecified atom stereocenters. The molecular weight excluding hydrogens is 309 g/mol. The minimum atomic E-state index is -0.833. The number of carboxylic acids is 1. The first kappa shape index (κ1) is 102. The number of hydrogen-bond acceptors (Lipinski definition) is 1. The summed E-state index contributed by atoms with van der Waals surface area (Å²) in [5.74, 6) is -0.833. The second kappa shape index (κ2) is 76.3. The Morgan fingerprint density at radius 2 is 0.909 bits per heavy atom. The first-order valence-corrected chi connectivity index (χ1v) is 0.928. The molecule has 0 spiro atoms. The molecule has 0 fully saturated rings. The van der Waals surface area contributed by atoms with Gasteiger partial charge in [-0.25, -0.2) is 0 Å². The van der Waals surface area contributed by atoms with Crippen molar-refractivity contribution in [2.24, 2.45) is 0 Å². The van der Waals surface area contributed by atoms with Crippen molar-refractivity contribution in [3.63, 3.8) is 0 Å². The zero-order valence-corrected chi connectivity index (χ0v) is 7.98. The molecule has 0 aliphatic carbocycles. The SMILES string of the molecule is CC(=O)O.O.O.O.O.O.O.[Gd]. The second-order valence-corrected chi connectivity index (χ2v) is 0.519. The van der Waals surface area contributed by atoms with Crippen LogP contribution in [0.5, 0.6) is 0 Å². The van der Waals surface area contributed by atoms with E-state index in [9.17, 15) is 0 Å². The Morgan fingerprint density at radius 1 is 0.909 bits per heavy atom. The zero-order valence-electron chi connectivity index (χ0n) is 5.71. The van der Waals surface area contributed by atoms with Crippen molar-refractivity contribution in [2.75, 3.05) is 0 Å². The van der Waals surface area contributed by atoms with Crippen molar-refractivity contribution in [3.05, 3.63) is 0 Å².